The molecule has 2 saturated carbocycles. The van der Waals surface area contributed by atoms with Crippen LogP contribution in [0.25, 0.3) is 0 Å². The molecule has 84 valence electrons. The Kier molecular flexibility index (Phi) is 2.18. The fraction of sp³-hybridized carbons (Fsp3) is 0.846. The lowest BCUT2D eigenvalue weighted by Gasteiger charge is -2.33. The van der Waals surface area contributed by atoms with Gasteiger partial charge in [0, 0.05) is 0 Å². The first-order valence-corrected chi connectivity index (χ1v) is 6.13. The van der Waals surface area contributed by atoms with Crippen molar-refractivity contribution in [3.8, 4) is 0 Å². The summed E-state index contributed by atoms with van der Waals surface area (Å²) < 4.78 is 11.0. The number of ether oxygens (including phenoxy) is 2. The van der Waals surface area contributed by atoms with Gasteiger partial charge in [-0.25, -0.2) is 0 Å². The highest BCUT2D eigenvalue weighted by Gasteiger charge is 2.49. The average molecular weight is 208 g/mol. The van der Waals surface area contributed by atoms with Gasteiger partial charge in [0.1, 0.15) is 0 Å². The van der Waals surface area contributed by atoms with Crippen molar-refractivity contribution in [3.05, 3.63) is 11.6 Å². The number of rotatable bonds is 1. The Morgan fingerprint density at radius 3 is 2.53 bits per heavy atom. The minimum atomic E-state index is -0.0568. The normalized spacial score (nSPS) is 41.9. The Balaban J connectivity index is 1.85. The van der Waals surface area contributed by atoms with Gasteiger partial charge in [-0.2, -0.15) is 0 Å². The molecule has 2 atom stereocenters. The Morgan fingerprint density at radius 1 is 1.20 bits per heavy atom. The Bertz CT molecular complexity index is 287. The van der Waals surface area contributed by atoms with Crippen LogP contribution in [0.4, 0.5) is 0 Å². The first kappa shape index (κ1) is 9.86. The summed E-state index contributed by atoms with van der Waals surface area (Å²) in [5.74, 6) is 1.72. The monoisotopic (exact) mass is 208 g/mol. The molecule has 2 aliphatic carbocycles. The third kappa shape index (κ3) is 1.46. The van der Waals surface area contributed by atoms with Crippen LogP contribution in [-0.4, -0.2) is 19.5 Å². The predicted molar refractivity (Wildman–Crippen MR) is 58.4 cm³/mol. The fourth-order valence-corrected chi connectivity index (χ4v) is 3.65. The Hall–Kier alpha value is -0.340. The topological polar surface area (TPSA) is 18.5 Å². The molecule has 1 saturated heterocycles. The van der Waals surface area contributed by atoms with E-state index >= 15 is 0 Å². The molecule has 2 heteroatoms. The van der Waals surface area contributed by atoms with Crippen molar-refractivity contribution in [3.63, 3.8) is 0 Å². The molecule has 0 unspecified atom stereocenters. The van der Waals surface area contributed by atoms with E-state index in [9.17, 15) is 0 Å². The highest BCUT2D eigenvalue weighted by molar-refractivity contribution is 5.26. The molecule has 2 nitrogen and oxygen atoms in total. The molecule has 1 heterocycles. The lowest BCUT2D eigenvalue weighted by molar-refractivity contribution is -0.00348. The lowest BCUT2D eigenvalue weighted by Crippen LogP contribution is -2.24. The summed E-state index contributed by atoms with van der Waals surface area (Å²) in [6.45, 7) is 6.28. The van der Waals surface area contributed by atoms with Gasteiger partial charge in [0.25, 0.3) is 0 Å². The predicted octanol–water partition coefficient (Wildman–Crippen LogP) is 2.74. The quantitative estimate of drug-likeness (QED) is 0.617. The second-order valence-electron chi connectivity index (χ2n) is 5.66. The summed E-state index contributed by atoms with van der Waals surface area (Å²) in [7, 11) is 0. The van der Waals surface area contributed by atoms with Gasteiger partial charge < -0.3 is 9.47 Å². The van der Waals surface area contributed by atoms with Crippen molar-refractivity contribution >= 4 is 0 Å². The summed E-state index contributed by atoms with van der Waals surface area (Å²) in [5.41, 5.74) is 1.99. The molecule has 15 heavy (non-hydrogen) atoms. The van der Waals surface area contributed by atoms with Crippen molar-refractivity contribution in [2.24, 2.45) is 17.3 Å². The van der Waals surface area contributed by atoms with Gasteiger partial charge in [-0.15, -0.1) is 0 Å². The molecule has 0 aromatic carbocycles. The maximum atomic E-state index is 5.52. The third-order valence-electron chi connectivity index (χ3n) is 4.60. The van der Waals surface area contributed by atoms with E-state index in [1.807, 2.05) is 0 Å². The largest absolute Gasteiger partial charge is 0.347 e. The fourth-order valence-electron chi connectivity index (χ4n) is 3.65. The molecular weight excluding hydrogens is 188 g/mol. The first-order chi connectivity index (χ1) is 7.18. The SMILES string of the molecule is CC1(C)C(=CC2OCCO2)[C@H]2CC[C@@H]1C2. The van der Waals surface area contributed by atoms with Crippen molar-refractivity contribution < 1.29 is 9.47 Å². The molecule has 3 rings (SSSR count). The summed E-state index contributed by atoms with van der Waals surface area (Å²) in [5, 5.41) is 0. The van der Waals surface area contributed by atoms with Gasteiger partial charge in [-0.3, -0.25) is 0 Å². The van der Waals surface area contributed by atoms with Crippen LogP contribution >= 0.6 is 0 Å². The zero-order chi connectivity index (χ0) is 10.5. The minimum Gasteiger partial charge on any atom is -0.347 e. The molecule has 3 aliphatic rings. The van der Waals surface area contributed by atoms with Crippen LogP contribution in [0.5, 0.6) is 0 Å². The van der Waals surface area contributed by atoms with Crippen LogP contribution in [0, 0.1) is 17.3 Å². The lowest BCUT2D eigenvalue weighted by atomic mass is 9.72. The van der Waals surface area contributed by atoms with Gasteiger partial charge >= 0.3 is 0 Å². The maximum Gasteiger partial charge on any atom is 0.177 e. The second kappa shape index (κ2) is 3.33. The van der Waals surface area contributed by atoms with E-state index in [1.165, 1.54) is 19.3 Å². The van der Waals surface area contributed by atoms with Crippen molar-refractivity contribution in [2.75, 3.05) is 13.2 Å². The molecule has 0 aromatic rings. The molecule has 1 aliphatic heterocycles. The van der Waals surface area contributed by atoms with Crippen LogP contribution in [0.3, 0.4) is 0 Å². The molecule has 0 amide bonds. The van der Waals surface area contributed by atoms with E-state index in [2.05, 4.69) is 19.9 Å². The Morgan fingerprint density at radius 2 is 1.93 bits per heavy atom. The van der Waals surface area contributed by atoms with E-state index in [-0.39, 0.29) is 6.29 Å². The minimum absolute atomic E-state index is 0.0568. The van der Waals surface area contributed by atoms with Crippen LogP contribution < -0.4 is 0 Å². The van der Waals surface area contributed by atoms with Gasteiger partial charge in [0.05, 0.1) is 13.2 Å². The number of hydrogen-bond donors (Lipinski definition) is 0. The third-order valence-corrected chi connectivity index (χ3v) is 4.60. The molecule has 0 radical (unpaired) electrons. The van der Waals surface area contributed by atoms with E-state index in [0.717, 1.165) is 25.0 Å². The molecule has 2 bridgehead atoms. The van der Waals surface area contributed by atoms with E-state index in [1.54, 1.807) is 5.57 Å². The molecule has 0 spiro atoms. The summed E-state index contributed by atoms with van der Waals surface area (Å²) in [6, 6.07) is 0. The molecule has 0 N–H and O–H groups in total. The summed E-state index contributed by atoms with van der Waals surface area (Å²) in [6.07, 6.45) is 6.40. The zero-order valence-electron chi connectivity index (χ0n) is 9.66. The van der Waals surface area contributed by atoms with Crippen LogP contribution in [0.2, 0.25) is 0 Å². The molecule has 0 aromatic heterocycles. The van der Waals surface area contributed by atoms with Gasteiger partial charge in [-0.05, 0) is 42.6 Å². The zero-order valence-corrected chi connectivity index (χ0v) is 9.66. The van der Waals surface area contributed by atoms with E-state index in [4.69, 9.17) is 9.47 Å². The highest BCUT2D eigenvalue weighted by Crippen LogP contribution is 2.59. The van der Waals surface area contributed by atoms with Crippen LogP contribution in [-0.2, 0) is 9.47 Å². The maximum absolute atomic E-state index is 5.52. The van der Waals surface area contributed by atoms with E-state index < -0.39 is 0 Å². The van der Waals surface area contributed by atoms with Crippen molar-refractivity contribution in [1.29, 1.82) is 0 Å². The van der Waals surface area contributed by atoms with Crippen molar-refractivity contribution in [1.82, 2.24) is 0 Å². The smallest absolute Gasteiger partial charge is 0.177 e. The second-order valence-corrected chi connectivity index (χ2v) is 5.66. The average Bonchev–Trinajstić information content (AvgIpc) is 2.87. The molecule has 3 fully saturated rings. The van der Waals surface area contributed by atoms with Crippen LogP contribution in [0.1, 0.15) is 33.1 Å². The van der Waals surface area contributed by atoms with Gasteiger partial charge in [0.15, 0.2) is 6.29 Å². The standard InChI is InChI=1S/C13H20O2/c1-13(2)10-4-3-9(7-10)11(13)8-12-14-5-6-15-12/h8-10,12H,3-7H2,1-2H3/t9-,10+/m0/s1. The summed E-state index contributed by atoms with van der Waals surface area (Å²) >= 11 is 0. The molecular formula is C13H20O2. The van der Waals surface area contributed by atoms with Gasteiger partial charge in [0.2, 0.25) is 0 Å². The summed E-state index contributed by atoms with van der Waals surface area (Å²) in [4.78, 5) is 0. The first-order valence-electron chi connectivity index (χ1n) is 6.13. The van der Waals surface area contributed by atoms with E-state index in [0.29, 0.717) is 5.41 Å². The van der Waals surface area contributed by atoms with Gasteiger partial charge in [-0.1, -0.05) is 19.4 Å². The van der Waals surface area contributed by atoms with Crippen LogP contribution in [0.15, 0.2) is 11.6 Å². The van der Waals surface area contributed by atoms with Crippen molar-refractivity contribution in [2.45, 2.75) is 39.4 Å². The Labute approximate surface area is 91.6 Å². The number of allylic oxidation sites excluding steroid dienone is 1. The number of hydrogen-bond acceptors (Lipinski definition) is 2. The number of fused-ring (bicyclic) bond motifs is 2. The highest BCUT2D eigenvalue weighted by atomic mass is 16.7.